The first-order valence-corrected chi connectivity index (χ1v) is 5.13. The molecule has 0 saturated carbocycles. The Morgan fingerprint density at radius 1 is 1.60 bits per heavy atom. The SMILES string of the molecule is C/C(=N\O)c1cn(C2CCNCC2)nn1. The number of hydrogen-bond acceptors (Lipinski definition) is 5. The molecule has 1 aliphatic rings. The van der Waals surface area contributed by atoms with E-state index in [0.717, 1.165) is 25.9 Å². The molecule has 6 heteroatoms. The fourth-order valence-corrected chi connectivity index (χ4v) is 1.74. The molecule has 15 heavy (non-hydrogen) atoms. The Morgan fingerprint density at radius 3 is 3.00 bits per heavy atom. The van der Waals surface area contributed by atoms with Crippen molar-refractivity contribution < 1.29 is 5.21 Å². The fourth-order valence-electron chi connectivity index (χ4n) is 1.74. The van der Waals surface area contributed by atoms with Gasteiger partial charge < -0.3 is 10.5 Å². The van der Waals surface area contributed by atoms with Crippen molar-refractivity contribution in [2.75, 3.05) is 13.1 Å². The average molecular weight is 209 g/mol. The second-order valence-corrected chi connectivity index (χ2v) is 3.75. The lowest BCUT2D eigenvalue weighted by atomic mass is 10.1. The quantitative estimate of drug-likeness (QED) is 0.420. The van der Waals surface area contributed by atoms with Gasteiger partial charge in [-0.25, -0.2) is 4.68 Å². The Labute approximate surface area is 88.0 Å². The lowest BCUT2D eigenvalue weighted by molar-refractivity contribution is 0.319. The maximum absolute atomic E-state index is 8.61. The van der Waals surface area contributed by atoms with Crippen LogP contribution in [-0.2, 0) is 0 Å². The highest BCUT2D eigenvalue weighted by Crippen LogP contribution is 2.17. The van der Waals surface area contributed by atoms with Crippen LogP contribution in [0.2, 0.25) is 0 Å². The van der Waals surface area contributed by atoms with Gasteiger partial charge in [0.05, 0.1) is 12.2 Å². The zero-order valence-electron chi connectivity index (χ0n) is 8.72. The Hall–Kier alpha value is -1.43. The summed E-state index contributed by atoms with van der Waals surface area (Å²) in [6.07, 6.45) is 3.97. The summed E-state index contributed by atoms with van der Waals surface area (Å²) in [5.41, 5.74) is 1.13. The molecule has 0 amide bonds. The summed E-state index contributed by atoms with van der Waals surface area (Å²) in [5.74, 6) is 0. The van der Waals surface area contributed by atoms with Crippen LogP contribution in [0.1, 0.15) is 31.5 Å². The summed E-state index contributed by atoms with van der Waals surface area (Å²) in [7, 11) is 0. The Balaban J connectivity index is 2.12. The molecule has 0 aliphatic carbocycles. The van der Waals surface area contributed by atoms with Gasteiger partial charge in [-0.15, -0.1) is 5.10 Å². The zero-order valence-corrected chi connectivity index (χ0v) is 8.72. The molecule has 82 valence electrons. The number of piperidine rings is 1. The van der Waals surface area contributed by atoms with E-state index in [0.29, 0.717) is 17.4 Å². The smallest absolute Gasteiger partial charge is 0.130 e. The maximum atomic E-state index is 8.61. The fraction of sp³-hybridized carbons (Fsp3) is 0.667. The van der Waals surface area contributed by atoms with Crippen molar-refractivity contribution in [2.45, 2.75) is 25.8 Å². The molecule has 2 rings (SSSR count). The first-order chi connectivity index (χ1) is 7.31. The van der Waals surface area contributed by atoms with Gasteiger partial charge in [-0.3, -0.25) is 0 Å². The van der Waals surface area contributed by atoms with Gasteiger partial charge in [0.2, 0.25) is 0 Å². The zero-order chi connectivity index (χ0) is 10.7. The van der Waals surface area contributed by atoms with Gasteiger partial charge in [-0.1, -0.05) is 10.4 Å². The first kappa shape index (κ1) is 10.1. The van der Waals surface area contributed by atoms with Crippen LogP contribution in [0.4, 0.5) is 0 Å². The second kappa shape index (κ2) is 4.39. The van der Waals surface area contributed by atoms with Crippen LogP contribution in [0, 0.1) is 0 Å². The molecule has 2 heterocycles. The number of rotatable bonds is 2. The molecule has 1 aromatic heterocycles. The summed E-state index contributed by atoms with van der Waals surface area (Å²) in [6, 6.07) is 0.416. The van der Waals surface area contributed by atoms with Crippen molar-refractivity contribution in [2.24, 2.45) is 5.16 Å². The highest BCUT2D eigenvalue weighted by molar-refractivity contribution is 5.96. The highest BCUT2D eigenvalue weighted by Gasteiger charge is 2.16. The third kappa shape index (κ3) is 2.15. The standard InChI is InChI=1S/C9H15N5O/c1-7(12-15)9-6-14(13-11-9)8-2-4-10-5-3-8/h6,8,10,15H,2-5H2,1H3/b12-7+. The van der Waals surface area contributed by atoms with Gasteiger partial charge in [0.1, 0.15) is 11.4 Å². The first-order valence-electron chi connectivity index (χ1n) is 5.13. The molecule has 1 saturated heterocycles. The van der Waals surface area contributed by atoms with Crippen molar-refractivity contribution in [3.8, 4) is 0 Å². The van der Waals surface area contributed by atoms with Gasteiger partial charge in [0.25, 0.3) is 0 Å². The van der Waals surface area contributed by atoms with Crippen molar-refractivity contribution in [1.82, 2.24) is 20.3 Å². The Morgan fingerprint density at radius 2 is 2.33 bits per heavy atom. The lowest BCUT2D eigenvalue weighted by Gasteiger charge is -2.22. The summed E-state index contributed by atoms with van der Waals surface area (Å²) in [6.45, 7) is 3.75. The minimum absolute atomic E-state index is 0.416. The lowest BCUT2D eigenvalue weighted by Crippen LogP contribution is -2.29. The molecule has 0 aromatic carbocycles. The largest absolute Gasteiger partial charge is 0.411 e. The van der Waals surface area contributed by atoms with Gasteiger partial charge >= 0.3 is 0 Å². The summed E-state index contributed by atoms with van der Waals surface area (Å²) >= 11 is 0. The van der Waals surface area contributed by atoms with Crippen LogP contribution >= 0.6 is 0 Å². The normalized spacial score (nSPS) is 19.4. The molecule has 6 nitrogen and oxygen atoms in total. The number of nitrogens with zero attached hydrogens (tertiary/aromatic N) is 4. The van der Waals surface area contributed by atoms with Crippen LogP contribution in [0.25, 0.3) is 0 Å². The minimum atomic E-state index is 0.416. The monoisotopic (exact) mass is 209 g/mol. The van der Waals surface area contributed by atoms with Crippen molar-refractivity contribution in [1.29, 1.82) is 0 Å². The van der Waals surface area contributed by atoms with Crippen LogP contribution < -0.4 is 5.32 Å². The third-order valence-electron chi connectivity index (χ3n) is 2.71. The molecule has 1 fully saturated rings. The van der Waals surface area contributed by atoms with Gasteiger partial charge in [0, 0.05) is 0 Å². The summed E-state index contributed by atoms with van der Waals surface area (Å²) < 4.78 is 1.87. The van der Waals surface area contributed by atoms with Crippen molar-refractivity contribution in [3.05, 3.63) is 11.9 Å². The van der Waals surface area contributed by atoms with Crippen molar-refractivity contribution in [3.63, 3.8) is 0 Å². The number of oxime groups is 1. The van der Waals surface area contributed by atoms with E-state index in [2.05, 4.69) is 20.8 Å². The molecule has 0 radical (unpaired) electrons. The molecule has 0 unspecified atom stereocenters. The average Bonchev–Trinajstić information content (AvgIpc) is 2.78. The number of nitrogens with one attached hydrogen (secondary N) is 1. The second-order valence-electron chi connectivity index (χ2n) is 3.75. The van der Waals surface area contributed by atoms with Gasteiger partial charge in [-0.2, -0.15) is 0 Å². The van der Waals surface area contributed by atoms with E-state index in [9.17, 15) is 0 Å². The predicted molar refractivity (Wildman–Crippen MR) is 55.2 cm³/mol. The molecule has 0 bridgehead atoms. The maximum Gasteiger partial charge on any atom is 0.130 e. The van der Waals surface area contributed by atoms with Crippen LogP contribution in [-0.4, -0.2) is 39.0 Å². The highest BCUT2D eigenvalue weighted by atomic mass is 16.4. The molecular weight excluding hydrogens is 194 g/mol. The summed E-state index contributed by atoms with van der Waals surface area (Å²) in [4.78, 5) is 0. The third-order valence-corrected chi connectivity index (χ3v) is 2.71. The molecule has 0 atom stereocenters. The van der Waals surface area contributed by atoms with Crippen LogP contribution in [0.3, 0.4) is 0 Å². The minimum Gasteiger partial charge on any atom is -0.411 e. The predicted octanol–water partition coefficient (Wildman–Crippen LogP) is 0.401. The van der Waals surface area contributed by atoms with E-state index < -0.39 is 0 Å². The molecule has 1 aliphatic heterocycles. The van der Waals surface area contributed by atoms with Crippen LogP contribution in [0.5, 0.6) is 0 Å². The van der Waals surface area contributed by atoms with E-state index >= 15 is 0 Å². The number of aromatic nitrogens is 3. The molecule has 1 aromatic rings. The molecular formula is C9H15N5O. The van der Waals surface area contributed by atoms with Gasteiger partial charge in [0.15, 0.2) is 0 Å². The van der Waals surface area contributed by atoms with E-state index in [4.69, 9.17) is 5.21 Å². The molecule has 2 N–H and O–H groups in total. The Kier molecular flexibility index (Phi) is 2.96. The van der Waals surface area contributed by atoms with Crippen LogP contribution in [0.15, 0.2) is 11.4 Å². The van der Waals surface area contributed by atoms with E-state index in [1.165, 1.54) is 0 Å². The van der Waals surface area contributed by atoms with E-state index in [1.807, 2.05) is 10.9 Å². The number of hydrogen-bond donors (Lipinski definition) is 2. The van der Waals surface area contributed by atoms with E-state index in [1.54, 1.807) is 6.92 Å². The molecule has 0 spiro atoms. The topological polar surface area (TPSA) is 75.3 Å². The summed E-state index contributed by atoms with van der Waals surface area (Å²) in [5, 5.41) is 23.0. The Bertz CT molecular complexity index is 353. The van der Waals surface area contributed by atoms with E-state index in [-0.39, 0.29) is 0 Å². The van der Waals surface area contributed by atoms with Gasteiger partial charge in [-0.05, 0) is 32.9 Å². The van der Waals surface area contributed by atoms with Crippen molar-refractivity contribution >= 4 is 5.71 Å².